The maximum absolute atomic E-state index is 13.5. The van der Waals surface area contributed by atoms with Crippen molar-refractivity contribution in [2.45, 2.75) is 86.8 Å². The summed E-state index contributed by atoms with van der Waals surface area (Å²) in [6, 6.07) is 32.9. The third-order valence-corrected chi connectivity index (χ3v) is 18.6. The van der Waals surface area contributed by atoms with Gasteiger partial charge in [0.15, 0.2) is 0 Å². The number of esters is 1. The van der Waals surface area contributed by atoms with Gasteiger partial charge in [0.1, 0.15) is 0 Å². The molecule has 1 aliphatic rings. The van der Waals surface area contributed by atoms with E-state index < -0.39 is 60.8 Å². The highest BCUT2D eigenvalue weighted by Crippen LogP contribution is 2.51. The molecule has 1 heterocycles. The zero-order chi connectivity index (χ0) is 55.6. The maximum Gasteiger partial charge on any atom is 0.338 e. The van der Waals surface area contributed by atoms with E-state index in [4.69, 9.17) is 4.74 Å². The molecule has 20 heteroatoms. The summed E-state index contributed by atoms with van der Waals surface area (Å²) in [5, 5.41) is 8.35. The number of nitrogens with zero attached hydrogens (tertiary/aromatic N) is 1. The Morgan fingerprint density at radius 1 is 0.763 bits per heavy atom. The Labute approximate surface area is 447 Å². The molecule has 0 aromatic heterocycles. The SMILES string of the molecule is C=C(/C=C/C=C1/N(CCCCCC(=O)NCCNC(=O)c2ccc(C(=O)OC)c(P(c3ccccc3)c3ccccc3)c2)c2ccc(S(=O)(=O)O)cc2C1(C)CCCS(=O)(=O)O)C(C)(C)c1cc(S(=O)(=O)O)ccc1C. The molecule has 2 amide bonds. The fraction of sp³-hybridized carbons (Fsp3) is 0.304. The molecule has 1 unspecified atom stereocenters. The van der Waals surface area contributed by atoms with Crippen LogP contribution in [0, 0.1) is 6.92 Å². The average Bonchev–Trinajstić information content (AvgIpc) is 3.59. The molecule has 0 saturated heterocycles. The molecule has 1 atom stereocenters. The van der Waals surface area contributed by atoms with Crippen LogP contribution < -0.4 is 31.4 Å². The number of hydrogen-bond donors (Lipinski definition) is 5. The van der Waals surface area contributed by atoms with Gasteiger partial charge in [-0.05, 0) is 135 Å². The smallest absolute Gasteiger partial charge is 0.338 e. The average molecular weight is 1110 g/mol. The lowest BCUT2D eigenvalue weighted by molar-refractivity contribution is -0.121. The first-order valence-electron chi connectivity index (χ1n) is 24.5. The van der Waals surface area contributed by atoms with Gasteiger partial charge in [-0.1, -0.05) is 106 Å². The summed E-state index contributed by atoms with van der Waals surface area (Å²) >= 11 is 0. The van der Waals surface area contributed by atoms with E-state index in [0.29, 0.717) is 70.3 Å². The molecule has 5 aromatic rings. The molecule has 0 bridgehead atoms. The number of ether oxygens (including phenoxy) is 1. The van der Waals surface area contributed by atoms with E-state index in [1.54, 1.807) is 48.6 Å². The molecule has 0 aliphatic carbocycles. The van der Waals surface area contributed by atoms with Gasteiger partial charge in [-0.3, -0.25) is 23.2 Å². The molecule has 404 valence electrons. The number of fused-ring (bicyclic) bond motifs is 1. The van der Waals surface area contributed by atoms with Crippen LogP contribution in [-0.2, 0) is 50.7 Å². The number of carbonyl (C=O) groups excluding carboxylic acids is 3. The lowest BCUT2D eigenvalue weighted by atomic mass is 9.76. The van der Waals surface area contributed by atoms with E-state index >= 15 is 0 Å². The van der Waals surface area contributed by atoms with E-state index in [1.807, 2.05) is 93.3 Å². The van der Waals surface area contributed by atoms with Gasteiger partial charge in [-0.15, -0.1) is 0 Å². The third-order valence-electron chi connectivity index (χ3n) is 13.6. The summed E-state index contributed by atoms with van der Waals surface area (Å²) in [6.07, 6.45) is 7.26. The molecule has 0 fully saturated rings. The zero-order valence-electron chi connectivity index (χ0n) is 43.0. The first-order chi connectivity index (χ1) is 35.8. The van der Waals surface area contributed by atoms with Crippen LogP contribution in [0.1, 0.15) is 96.7 Å². The second-order valence-corrected chi connectivity index (χ2v) is 25.8. The minimum absolute atomic E-state index is 0.00264. The summed E-state index contributed by atoms with van der Waals surface area (Å²) in [5.74, 6) is -1.68. The van der Waals surface area contributed by atoms with Crippen LogP contribution in [-0.4, -0.2) is 89.2 Å². The van der Waals surface area contributed by atoms with Crippen molar-refractivity contribution in [3.8, 4) is 0 Å². The highest BCUT2D eigenvalue weighted by atomic mass is 32.2. The number of anilines is 1. The van der Waals surface area contributed by atoms with Crippen molar-refractivity contribution in [2.75, 3.05) is 37.4 Å². The molecule has 0 saturated carbocycles. The van der Waals surface area contributed by atoms with Crippen molar-refractivity contribution >= 4 is 77.7 Å². The Morgan fingerprint density at radius 2 is 1.37 bits per heavy atom. The molecule has 76 heavy (non-hydrogen) atoms. The van der Waals surface area contributed by atoms with Gasteiger partial charge in [-0.25, -0.2) is 4.79 Å². The summed E-state index contributed by atoms with van der Waals surface area (Å²) in [6.45, 7) is 12.3. The van der Waals surface area contributed by atoms with Crippen molar-refractivity contribution < 1.29 is 58.0 Å². The Kier molecular flexibility index (Phi) is 19.2. The number of unbranched alkanes of at least 4 members (excludes halogenated alkanes) is 2. The first kappa shape index (κ1) is 58.9. The van der Waals surface area contributed by atoms with Crippen molar-refractivity contribution in [2.24, 2.45) is 0 Å². The molecule has 0 spiro atoms. The number of methoxy groups -OCH3 is 1. The quantitative estimate of drug-likeness (QED) is 0.0130. The van der Waals surface area contributed by atoms with Gasteiger partial charge >= 0.3 is 5.97 Å². The summed E-state index contributed by atoms with van der Waals surface area (Å²) in [7, 11) is -13.4. The molecule has 5 aromatic carbocycles. The summed E-state index contributed by atoms with van der Waals surface area (Å²) in [5.41, 5.74) is 2.54. The van der Waals surface area contributed by atoms with E-state index in [0.717, 1.165) is 16.2 Å². The van der Waals surface area contributed by atoms with Gasteiger partial charge in [0.05, 0.1) is 28.2 Å². The highest BCUT2D eigenvalue weighted by molar-refractivity contribution is 7.86. The maximum atomic E-state index is 13.5. The van der Waals surface area contributed by atoms with Crippen molar-refractivity contribution in [3.63, 3.8) is 0 Å². The second-order valence-electron chi connectivity index (χ2n) is 19.2. The molecular formula is C56H64N3O13PS3. The molecule has 1 aliphatic heterocycles. The standard InChI is InChI=1S/C56H64N3O13PS3/c1-39-25-27-44(75(66,67)68)37-47(39)55(3,4)40(2)18-16-23-51-56(5,31-17-35-74(63,64)65)48-38-45(76(69,70)71)28-30-49(48)59(51)34-15-9-14-24-52(60)57-32-33-58-53(61)41-26-29-46(54(62)72-6)50(36-41)73(42-19-10-7-11-20-42)43-21-12-8-13-22-43/h7-8,10-13,16,18-23,25-30,36-38H,2,9,14-15,17,24,31-35H2,1,3-6H3,(H,57,60)(H,58,61)(H,63,64,65)(H,66,67,68)(H,69,70,71)/b18-16+,51-23+. The van der Waals surface area contributed by atoms with Gasteiger partial charge in [0, 0.05) is 59.1 Å². The fourth-order valence-electron chi connectivity index (χ4n) is 9.40. The number of carbonyl (C=O) groups is 3. The second kappa shape index (κ2) is 24.8. The number of benzene rings is 5. The number of hydrogen-bond acceptors (Lipinski definition) is 11. The van der Waals surface area contributed by atoms with Crippen LogP contribution in [0.2, 0.25) is 0 Å². The fourth-order valence-corrected chi connectivity index (χ4v) is 13.4. The van der Waals surface area contributed by atoms with E-state index in [-0.39, 0.29) is 54.0 Å². The highest BCUT2D eigenvalue weighted by Gasteiger charge is 2.44. The summed E-state index contributed by atoms with van der Waals surface area (Å²) in [4.78, 5) is 40.9. The van der Waals surface area contributed by atoms with Crippen LogP contribution in [0.15, 0.2) is 161 Å². The third kappa shape index (κ3) is 14.6. The summed E-state index contributed by atoms with van der Waals surface area (Å²) < 4.78 is 107. The van der Waals surface area contributed by atoms with Crippen molar-refractivity contribution in [1.29, 1.82) is 0 Å². The van der Waals surface area contributed by atoms with Gasteiger partial charge < -0.3 is 20.3 Å². The van der Waals surface area contributed by atoms with Crippen LogP contribution in [0.25, 0.3) is 0 Å². The topological polar surface area (TPSA) is 251 Å². The Balaban J connectivity index is 1.13. The first-order valence-corrected chi connectivity index (χ1v) is 30.3. The number of nitrogens with one attached hydrogen (secondary N) is 2. The zero-order valence-corrected chi connectivity index (χ0v) is 46.4. The van der Waals surface area contributed by atoms with E-state index in [1.165, 1.54) is 31.4 Å². The molecule has 5 N–H and O–H groups in total. The van der Waals surface area contributed by atoms with Crippen molar-refractivity contribution in [3.05, 3.63) is 179 Å². The van der Waals surface area contributed by atoms with Crippen LogP contribution in [0.5, 0.6) is 0 Å². The molecule has 0 radical (unpaired) electrons. The van der Waals surface area contributed by atoms with Crippen LogP contribution in [0.3, 0.4) is 0 Å². The number of amides is 2. The van der Waals surface area contributed by atoms with Crippen LogP contribution in [0.4, 0.5) is 5.69 Å². The van der Waals surface area contributed by atoms with Gasteiger partial charge in [-0.2, -0.15) is 25.3 Å². The van der Waals surface area contributed by atoms with Gasteiger partial charge in [0.2, 0.25) is 5.91 Å². The lowest BCUT2D eigenvalue weighted by Gasteiger charge is -2.31. The minimum Gasteiger partial charge on any atom is -0.465 e. The molecule has 16 nitrogen and oxygen atoms in total. The van der Waals surface area contributed by atoms with Crippen LogP contribution >= 0.6 is 7.92 Å². The monoisotopic (exact) mass is 1110 g/mol. The van der Waals surface area contributed by atoms with Crippen molar-refractivity contribution in [1.82, 2.24) is 10.6 Å². The lowest BCUT2D eigenvalue weighted by Crippen LogP contribution is -2.35. The Hall–Kier alpha value is -6.31. The normalized spacial score (nSPS) is 15.5. The number of aryl methyl sites for hydroxylation is 1. The Morgan fingerprint density at radius 3 is 1.97 bits per heavy atom. The molecular weight excluding hydrogens is 1050 g/mol. The largest absolute Gasteiger partial charge is 0.465 e. The van der Waals surface area contributed by atoms with E-state index in [9.17, 15) is 53.3 Å². The Bertz CT molecular complexity index is 3350. The minimum atomic E-state index is -4.65. The predicted octanol–water partition coefficient (Wildman–Crippen LogP) is 7.86. The van der Waals surface area contributed by atoms with Gasteiger partial charge in [0.25, 0.3) is 36.3 Å². The van der Waals surface area contributed by atoms with E-state index in [2.05, 4.69) is 17.2 Å². The number of rotatable bonds is 24. The molecule has 6 rings (SSSR count). The predicted molar refractivity (Wildman–Crippen MR) is 297 cm³/mol. The number of allylic oxidation sites excluding steroid dienone is 5.